The molecular weight excluding hydrogens is 379 g/mol. The highest BCUT2D eigenvalue weighted by Crippen LogP contribution is 2.65. The van der Waals surface area contributed by atoms with E-state index in [4.69, 9.17) is 10.1 Å². The van der Waals surface area contributed by atoms with Crippen molar-refractivity contribution in [2.45, 2.75) is 50.2 Å². The zero-order valence-corrected chi connectivity index (χ0v) is 17.4. The number of aromatic nitrogens is 5. The summed E-state index contributed by atoms with van der Waals surface area (Å²) < 4.78 is 3.80. The Bertz CT molecular complexity index is 1270. The highest BCUT2D eigenvalue weighted by Gasteiger charge is 2.55. The van der Waals surface area contributed by atoms with Crippen molar-refractivity contribution in [1.29, 1.82) is 5.26 Å². The maximum Gasteiger partial charge on any atom is 0.274 e. The standard InChI is InChI=1S/C21H21BN6S/c1-13-7-15(8-16-10-27(2)25-18(13)16)19-26-28-11-17(24-20(28)29-19)14-3-6-22(12-23)21(9-14)4-5-21/h7-8,10-11,14H,3-6,9H2,1-2H3. The highest BCUT2D eigenvalue weighted by atomic mass is 32.1. The van der Waals surface area contributed by atoms with Crippen LogP contribution in [0.1, 0.15) is 42.9 Å². The average molecular weight is 400 g/mol. The molecule has 3 aromatic heterocycles. The molecule has 2 fully saturated rings. The zero-order valence-electron chi connectivity index (χ0n) is 16.6. The van der Waals surface area contributed by atoms with Gasteiger partial charge in [-0.05, 0) is 36.4 Å². The second kappa shape index (κ2) is 5.93. The first-order valence-corrected chi connectivity index (χ1v) is 11.1. The van der Waals surface area contributed by atoms with Gasteiger partial charge in [0.2, 0.25) is 4.96 Å². The molecule has 2 aliphatic rings. The van der Waals surface area contributed by atoms with Crippen molar-refractivity contribution in [3.05, 3.63) is 35.8 Å². The lowest BCUT2D eigenvalue weighted by atomic mass is 9.33. The van der Waals surface area contributed by atoms with Crippen molar-refractivity contribution in [2.24, 2.45) is 7.05 Å². The van der Waals surface area contributed by atoms with E-state index in [1.165, 1.54) is 12.8 Å². The summed E-state index contributed by atoms with van der Waals surface area (Å²) in [5.41, 5.74) is 4.47. The third-order valence-electron chi connectivity index (χ3n) is 6.88. The molecule has 4 aromatic rings. The summed E-state index contributed by atoms with van der Waals surface area (Å²) in [6.07, 6.45) is 9.76. The number of hydrogen-bond acceptors (Lipinski definition) is 5. The molecule has 4 heterocycles. The van der Waals surface area contributed by atoms with Crippen molar-refractivity contribution in [2.75, 3.05) is 0 Å². The molecule has 8 heteroatoms. The number of nitrogens with zero attached hydrogens (tertiary/aromatic N) is 6. The molecule has 6 rings (SSSR count). The minimum absolute atomic E-state index is 0.248. The molecular formula is C21H21BN6S. The van der Waals surface area contributed by atoms with Crippen LogP contribution in [-0.2, 0) is 7.05 Å². The molecule has 1 spiro atoms. The lowest BCUT2D eigenvalue weighted by Gasteiger charge is -2.29. The number of imidazole rings is 1. The van der Waals surface area contributed by atoms with E-state index in [0.29, 0.717) is 5.92 Å². The van der Waals surface area contributed by atoms with Gasteiger partial charge in [0.1, 0.15) is 5.01 Å². The number of nitriles is 1. The summed E-state index contributed by atoms with van der Waals surface area (Å²) in [5.74, 6) is 3.02. The molecule has 0 amide bonds. The van der Waals surface area contributed by atoms with Gasteiger partial charge in [0, 0.05) is 36.1 Å². The maximum atomic E-state index is 9.45. The van der Waals surface area contributed by atoms with Crippen molar-refractivity contribution >= 4 is 33.9 Å². The van der Waals surface area contributed by atoms with Crippen molar-refractivity contribution in [3.63, 3.8) is 0 Å². The predicted octanol–water partition coefficient (Wildman–Crippen LogP) is 4.62. The van der Waals surface area contributed by atoms with E-state index in [9.17, 15) is 5.26 Å². The number of hydrogen-bond donors (Lipinski definition) is 0. The van der Waals surface area contributed by atoms with Gasteiger partial charge in [-0.1, -0.05) is 36.9 Å². The molecule has 1 saturated carbocycles. The molecule has 1 unspecified atom stereocenters. The molecule has 144 valence electrons. The summed E-state index contributed by atoms with van der Waals surface area (Å²) >= 11 is 1.64. The zero-order chi connectivity index (χ0) is 19.8. The Morgan fingerprint density at radius 2 is 2.14 bits per heavy atom. The third-order valence-corrected chi connectivity index (χ3v) is 7.86. The Morgan fingerprint density at radius 1 is 1.28 bits per heavy atom. The van der Waals surface area contributed by atoms with Gasteiger partial charge < -0.3 is 0 Å². The van der Waals surface area contributed by atoms with Crippen LogP contribution in [0.2, 0.25) is 11.6 Å². The SMILES string of the molecule is Cc1cc(-c2nn3cc(C4CCB(C#N)C5(CC5)C4)nc3s2)cc2cn(C)nc12. The van der Waals surface area contributed by atoms with E-state index in [1.807, 2.05) is 22.4 Å². The second-order valence-corrected chi connectivity index (χ2v) is 9.81. The second-order valence-electron chi connectivity index (χ2n) is 8.86. The summed E-state index contributed by atoms with van der Waals surface area (Å²) in [7, 11) is 1.95. The van der Waals surface area contributed by atoms with E-state index >= 15 is 0 Å². The first-order chi connectivity index (χ1) is 14.0. The summed E-state index contributed by atoms with van der Waals surface area (Å²) in [6.45, 7) is 2.35. The molecule has 0 bridgehead atoms. The molecule has 29 heavy (non-hydrogen) atoms. The third kappa shape index (κ3) is 2.64. The number of benzene rings is 1. The van der Waals surface area contributed by atoms with Gasteiger partial charge in [0.05, 0.1) is 17.4 Å². The predicted molar refractivity (Wildman–Crippen MR) is 115 cm³/mol. The molecule has 1 aliphatic carbocycles. The fourth-order valence-corrected chi connectivity index (χ4v) is 6.04. The van der Waals surface area contributed by atoms with Gasteiger partial charge in [-0.2, -0.15) is 10.2 Å². The Balaban J connectivity index is 1.32. The molecule has 1 atom stereocenters. The average Bonchev–Trinajstić information content (AvgIpc) is 3.04. The molecule has 0 N–H and O–H groups in total. The van der Waals surface area contributed by atoms with Crippen LogP contribution < -0.4 is 0 Å². The number of rotatable bonds is 2. The van der Waals surface area contributed by atoms with E-state index in [0.717, 1.165) is 56.9 Å². The lowest BCUT2D eigenvalue weighted by Crippen LogP contribution is -2.28. The fourth-order valence-electron chi connectivity index (χ4n) is 5.16. The van der Waals surface area contributed by atoms with Crippen LogP contribution in [0.25, 0.3) is 26.4 Å². The Morgan fingerprint density at radius 3 is 2.90 bits per heavy atom. The number of aryl methyl sites for hydroxylation is 2. The topological polar surface area (TPSA) is 71.8 Å². The Labute approximate surface area is 173 Å². The van der Waals surface area contributed by atoms with Gasteiger partial charge in [-0.15, -0.1) is 0 Å². The first kappa shape index (κ1) is 17.2. The van der Waals surface area contributed by atoms with Crippen molar-refractivity contribution in [3.8, 4) is 16.5 Å². The van der Waals surface area contributed by atoms with Crippen LogP contribution >= 0.6 is 11.3 Å². The minimum Gasteiger partial charge on any atom is -0.275 e. The van der Waals surface area contributed by atoms with Crippen LogP contribution in [0.5, 0.6) is 0 Å². The maximum absolute atomic E-state index is 9.45. The van der Waals surface area contributed by atoms with E-state index in [2.05, 4.69) is 36.3 Å². The van der Waals surface area contributed by atoms with Gasteiger partial charge in [0.15, 0.2) is 0 Å². The number of fused-ring (bicyclic) bond motifs is 2. The van der Waals surface area contributed by atoms with Crippen LogP contribution in [-0.4, -0.2) is 31.1 Å². The van der Waals surface area contributed by atoms with Crippen LogP contribution in [0, 0.1) is 18.2 Å². The van der Waals surface area contributed by atoms with Gasteiger partial charge in [0.25, 0.3) is 6.71 Å². The van der Waals surface area contributed by atoms with Gasteiger partial charge in [-0.25, -0.2) is 14.8 Å². The summed E-state index contributed by atoms with van der Waals surface area (Å²) in [6, 6.07) is 4.32. The fraction of sp³-hybridized carbons (Fsp3) is 0.429. The molecule has 6 nitrogen and oxygen atoms in total. The Hall–Kier alpha value is -2.66. The molecule has 1 saturated heterocycles. The molecule has 0 radical (unpaired) electrons. The van der Waals surface area contributed by atoms with E-state index < -0.39 is 0 Å². The Kier molecular flexibility index (Phi) is 3.52. The quantitative estimate of drug-likeness (QED) is 0.460. The van der Waals surface area contributed by atoms with Crippen molar-refractivity contribution in [1.82, 2.24) is 24.4 Å². The monoisotopic (exact) mass is 400 g/mol. The summed E-state index contributed by atoms with van der Waals surface area (Å²) in [5, 5.41) is 21.2. The van der Waals surface area contributed by atoms with E-state index in [-0.39, 0.29) is 12.0 Å². The minimum atomic E-state index is 0.248. The van der Waals surface area contributed by atoms with Crippen LogP contribution in [0.4, 0.5) is 0 Å². The highest BCUT2D eigenvalue weighted by molar-refractivity contribution is 7.19. The first-order valence-electron chi connectivity index (χ1n) is 10.2. The largest absolute Gasteiger partial charge is 0.275 e. The van der Waals surface area contributed by atoms with Gasteiger partial charge in [-0.3, -0.25) is 4.68 Å². The summed E-state index contributed by atoms with van der Waals surface area (Å²) in [4.78, 5) is 5.89. The van der Waals surface area contributed by atoms with E-state index in [1.54, 1.807) is 11.3 Å². The van der Waals surface area contributed by atoms with Crippen LogP contribution in [0.15, 0.2) is 24.5 Å². The van der Waals surface area contributed by atoms with Crippen LogP contribution in [0.3, 0.4) is 0 Å². The molecule has 1 aromatic carbocycles. The lowest BCUT2D eigenvalue weighted by molar-refractivity contribution is 0.524. The molecule has 1 aliphatic heterocycles. The smallest absolute Gasteiger partial charge is 0.274 e. The normalized spacial score (nSPS) is 20.6. The van der Waals surface area contributed by atoms with Gasteiger partial charge >= 0.3 is 0 Å². The van der Waals surface area contributed by atoms with Crippen molar-refractivity contribution < 1.29 is 0 Å².